The van der Waals surface area contributed by atoms with Crippen LogP contribution in [0.25, 0.3) is 0 Å². The van der Waals surface area contributed by atoms with Gasteiger partial charge in [-0.2, -0.15) is 0 Å². The second-order valence-corrected chi connectivity index (χ2v) is 9.92. The van der Waals surface area contributed by atoms with Gasteiger partial charge in [0, 0.05) is 23.2 Å². The Hall–Kier alpha value is -5.01. The molecule has 0 radical (unpaired) electrons. The zero-order valence-corrected chi connectivity index (χ0v) is 24.2. The smallest absolute Gasteiger partial charge is 0.328 e. The standard InChI is InChI=1S/C36H36N2O5/c1-3-33(39)34(27-13-6-4-7-14-27)37-23-12-24-43-29-21-19-26(20-22-29)25-32(36(41)42-2)38-31-18-11-10-17-30(31)35(40)28-15-8-5-9-16-28/h3-11,13-22,32,34,37-38H,1,12,23-25H2,2H3. The summed E-state index contributed by atoms with van der Waals surface area (Å²) >= 11 is 0. The molecule has 4 aromatic carbocycles. The highest BCUT2D eigenvalue weighted by Gasteiger charge is 2.23. The van der Waals surface area contributed by atoms with Crippen molar-refractivity contribution in [2.24, 2.45) is 0 Å². The van der Waals surface area contributed by atoms with E-state index >= 15 is 0 Å². The number of hydrogen-bond donors (Lipinski definition) is 2. The Morgan fingerprint density at radius 2 is 1.49 bits per heavy atom. The van der Waals surface area contributed by atoms with Crippen molar-refractivity contribution in [3.05, 3.63) is 144 Å². The summed E-state index contributed by atoms with van der Waals surface area (Å²) in [5.41, 5.74) is 3.40. The molecule has 4 rings (SSSR count). The molecular weight excluding hydrogens is 540 g/mol. The Bertz CT molecular complexity index is 1500. The molecule has 0 bridgehead atoms. The van der Waals surface area contributed by atoms with Crippen molar-refractivity contribution in [3.63, 3.8) is 0 Å². The average Bonchev–Trinajstić information content (AvgIpc) is 3.06. The molecule has 7 heteroatoms. The highest BCUT2D eigenvalue weighted by molar-refractivity contribution is 6.12. The fraction of sp³-hybridized carbons (Fsp3) is 0.194. The zero-order valence-electron chi connectivity index (χ0n) is 24.2. The molecule has 0 saturated heterocycles. The quantitative estimate of drug-likeness (QED) is 0.0735. The van der Waals surface area contributed by atoms with Crippen LogP contribution in [-0.2, 0) is 20.7 Å². The summed E-state index contributed by atoms with van der Waals surface area (Å²) < 4.78 is 11.0. The van der Waals surface area contributed by atoms with E-state index in [0.717, 1.165) is 11.1 Å². The Balaban J connectivity index is 1.32. The van der Waals surface area contributed by atoms with Crippen LogP contribution in [0, 0.1) is 0 Å². The number of para-hydroxylation sites is 1. The van der Waals surface area contributed by atoms with Crippen LogP contribution < -0.4 is 15.4 Å². The van der Waals surface area contributed by atoms with Crippen LogP contribution in [-0.4, -0.2) is 43.8 Å². The molecule has 0 heterocycles. The van der Waals surface area contributed by atoms with Gasteiger partial charge in [0.25, 0.3) is 0 Å². The van der Waals surface area contributed by atoms with E-state index in [0.29, 0.717) is 48.6 Å². The molecule has 0 fully saturated rings. The molecule has 0 aliphatic heterocycles. The molecule has 0 saturated carbocycles. The van der Waals surface area contributed by atoms with Crippen LogP contribution in [0.4, 0.5) is 5.69 Å². The Morgan fingerprint density at radius 3 is 2.16 bits per heavy atom. The fourth-order valence-corrected chi connectivity index (χ4v) is 4.69. The van der Waals surface area contributed by atoms with Crippen LogP contribution in [0.2, 0.25) is 0 Å². The summed E-state index contributed by atoms with van der Waals surface area (Å²) in [4.78, 5) is 38.2. The number of rotatable bonds is 16. The number of nitrogens with one attached hydrogen (secondary N) is 2. The van der Waals surface area contributed by atoms with Crippen LogP contribution in [0.1, 0.15) is 39.5 Å². The van der Waals surface area contributed by atoms with E-state index in [9.17, 15) is 14.4 Å². The zero-order chi connectivity index (χ0) is 30.4. The van der Waals surface area contributed by atoms with Crippen molar-refractivity contribution in [3.8, 4) is 5.75 Å². The number of benzene rings is 4. The van der Waals surface area contributed by atoms with E-state index in [1.165, 1.54) is 13.2 Å². The minimum absolute atomic E-state index is 0.0752. The van der Waals surface area contributed by atoms with E-state index < -0.39 is 18.1 Å². The third-order valence-electron chi connectivity index (χ3n) is 6.94. The molecule has 2 N–H and O–H groups in total. The summed E-state index contributed by atoms with van der Waals surface area (Å²) in [6.45, 7) is 4.68. The maximum absolute atomic E-state index is 13.2. The maximum Gasteiger partial charge on any atom is 0.328 e. The number of carbonyl (C=O) groups excluding carboxylic acids is 3. The molecule has 0 aliphatic carbocycles. The Labute approximate surface area is 252 Å². The van der Waals surface area contributed by atoms with Gasteiger partial charge in [-0.15, -0.1) is 0 Å². The molecule has 7 nitrogen and oxygen atoms in total. The van der Waals surface area contributed by atoms with Gasteiger partial charge in [0.2, 0.25) is 0 Å². The van der Waals surface area contributed by atoms with Gasteiger partial charge in [-0.1, -0.05) is 91.5 Å². The molecule has 4 aromatic rings. The lowest BCUT2D eigenvalue weighted by molar-refractivity contribution is -0.141. The van der Waals surface area contributed by atoms with E-state index in [2.05, 4.69) is 17.2 Å². The minimum atomic E-state index is -0.705. The van der Waals surface area contributed by atoms with E-state index in [1.807, 2.05) is 78.9 Å². The van der Waals surface area contributed by atoms with Crippen molar-refractivity contribution in [2.75, 3.05) is 25.6 Å². The Morgan fingerprint density at radius 1 is 0.837 bits per heavy atom. The molecule has 0 aliphatic rings. The van der Waals surface area contributed by atoms with Gasteiger partial charge < -0.3 is 20.1 Å². The fourth-order valence-electron chi connectivity index (χ4n) is 4.69. The molecule has 0 aromatic heterocycles. The van der Waals surface area contributed by atoms with E-state index in [1.54, 1.807) is 30.3 Å². The topological polar surface area (TPSA) is 93.7 Å². The predicted molar refractivity (Wildman–Crippen MR) is 168 cm³/mol. The van der Waals surface area contributed by atoms with Crippen molar-refractivity contribution in [2.45, 2.75) is 24.9 Å². The lowest BCUT2D eigenvalue weighted by Crippen LogP contribution is -2.33. The molecule has 220 valence electrons. The van der Waals surface area contributed by atoms with Crippen molar-refractivity contribution < 1.29 is 23.9 Å². The number of methoxy groups -OCH3 is 1. The predicted octanol–water partition coefficient (Wildman–Crippen LogP) is 5.97. The van der Waals surface area contributed by atoms with Crippen molar-refractivity contribution in [1.29, 1.82) is 0 Å². The largest absolute Gasteiger partial charge is 0.494 e. The first-order chi connectivity index (χ1) is 21.0. The molecule has 2 atom stereocenters. The molecular formula is C36H36N2O5. The third kappa shape index (κ3) is 8.74. The second kappa shape index (κ2) is 15.8. The summed E-state index contributed by atoms with van der Waals surface area (Å²) in [6.07, 6.45) is 2.39. The first kappa shape index (κ1) is 30.9. The number of ketones is 2. The number of carbonyl (C=O) groups is 3. The first-order valence-corrected chi connectivity index (χ1v) is 14.2. The highest BCUT2D eigenvalue weighted by Crippen LogP contribution is 2.22. The van der Waals surface area contributed by atoms with Gasteiger partial charge in [-0.3, -0.25) is 9.59 Å². The van der Waals surface area contributed by atoms with Gasteiger partial charge in [0.05, 0.1) is 19.8 Å². The lowest BCUT2D eigenvalue weighted by atomic mass is 10.00. The average molecular weight is 577 g/mol. The SMILES string of the molecule is C=CC(=O)C(NCCCOc1ccc(CC(Nc2ccccc2C(=O)c2ccccc2)C(=O)OC)cc1)c1ccccc1. The van der Waals surface area contributed by atoms with Crippen molar-refractivity contribution >= 4 is 23.2 Å². The second-order valence-electron chi connectivity index (χ2n) is 9.92. The summed E-state index contributed by atoms with van der Waals surface area (Å²) in [5.74, 6) is 0.0612. The number of anilines is 1. The van der Waals surface area contributed by atoms with Gasteiger partial charge in [-0.05, 0) is 54.4 Å². The monoisotopic (exact) mass is 576 g/mol. The normalized spacial score (nSPS) is 12.0. The van der Waals surface area contributed by atoms with Crippen LogP contribution in [0.15, 0.2) is 122 Å². The van der Waals surface area contributed by atoms with Crippen LogP contribution >= 0.6 is 0 Å². The maximum atomic E-state index is 13.2. The van der Waals surface area contributed by atoms with Crippen LogP contribution in [0.5, 0.6) is 5.75 Å². The molecule has 2 unspecified atom stereocenters. The third-order valence-corrected chi connectivity index (χ3v) is 6.94. The van der Waals surface area contributed by atoms with Gasteiger partial charge in [0.1, 0.15) is 11.8 Å². The summed E-state index contributed by atoms with van der Waals surface area (Å²) in [6, 6.07) is 32.1. The van der Waals surface area contributed by atoms with Gasteiger partial charge in [0.15, 0.2) is 11.6 Å². The van der Waals surface area contributed by atoms with Crippen LogP contribution in [0.3, 0.4) is 0 Å². The Kier molecular flexibility index (Phi) is 11.4. The number of ether oxygens (including phenoxy) is 2. The van der Waals surface area contributed by atoms with Crippen molar-refractivity contribution in [1.82, 2.24) is 5.32 Å². The highest BCUT2D eigenvalue weighted by atomic mass is 16.5. The van der Waals surface area contributed by atoms with Gasteiger partial charge >= 0.3 is 5.97 Å². The summed E-state index contributed by atoms with van der Waals surface area (Å²) in [5, 5.41) is 6.52. The summed E-state index contributed by atoms with van der Waals surface area (Å²) in [7, 11) is 1.35. The van der Waals surface area contributed by atoms with Gasteiger partial charge in [-0.25, -0.2) is 4.79 Å². The van der Waals surface area contributed by atoms with E-state index in [4.69, 9.17) is 9.47 Å². The molecule has 0 amide bonds. The molecule has 0 spiro atoms. The van der Waals surface area contributed by atoms with E-state index in [-0.39, 0.29) is 11.6 Å². The number of hydrogen-bond acceptors (Lipinski definition) is 7. The minimum Gasteiger partial charge on any atom is -0.494 e. The first-order valence-electron chi connectivity index (χ1n) is 14.2. The number of esters is 1. The molecule has 43 heavy (non-hydrogen) atoms. The lowest BCUT2D eigenvalue weighted by Gasteiger charge is -2.20.